The molecule has 178 valence electrons. The fourth-order valence-electron chi connectivity index (χ4n) is 3.44. The molecule has 0 spiro atoms. The summed E-state index contributed by atoms with van der Waals surface area (Å²) >= 11 is 0. The number of rotatable bonds is 8. The third-order valence-corrected chi connectivity index (χ3v) is 6.71. The molecule has 9 heteroatoms. The summed E-state index contributed by atoms with van der Waals surface area (Å²) in [6.07, 6.45) is 4.57. The number of nitrogens with one attached hydrogen (secondary N) is 2. The molecule has 3 aromatic carbocycles. The molecule has 0 aliphatic carbocycles. The SMILES string of the molecule is CNS(=O)(=O)c1ccc(/C=C/C(=O)Nc2c(-c3ccc(F)cc3)ncn2Cc2ccccc2)cc1. The number of carbonyl (C=O) groups is 1. The predicted octanol–water partition coefficient (Wildman–Crippen LogP) is 4.30. The number of anilines is 1. The Balaban J connectivity index is 1.58. The highest BCUT2D eigenvalue weighted by molar-refractivity contribution is 7.89. The Morgan fingerprint density at radius 2 is 1.69 bits per heavy atom. The molecule has 2 N–H and O–H groups in total. The first-order valence-electron chi connectivity index (χ1n) is 10.7. The first-order valence-corrected chi connectivity index (χ1v) is 12.2. The summed E-state index contributed by atoms with van der Waals surface area (Å²) in [6.45, 7) is 0.482. The summed E-state index contributed by atoms with van der Waals surface area (Å²) < 4.78 is 41.2. The summed E-state index contributed by atoms with van der Waals surface area (Å²) in [5.41, 5.74) is 2.87. The lowest BCUT2D eigenvalue weighted by Crippen LogP contribution is -2.18. The minimum Gasteiger partial charge on any atom is -0.312 e. The molecule has 0 unspecified atom stereocenters. The second kappa shape index (κ2) is 10.5. The van der Waals surface area contributed by atoms with Gasteiger partial charge in [0, 0.05) is 11.6 Å². The van der Waals surface area contributed by atoms with Crippen molar-refractivity contribution in [3.05, 3.63) is 108 Å². The van der Waals surface area contributed by atoms with Crippen molar-refractivity contribution in [3.8, 4) is 11.3 Å². The second-order valence-corrected chi connectivity index (χ2v) is 9.55. The number of imidazole rings is 1. The van der Waals surface area contributed by atoms with Crippen LogP contribution in [0, 0.1) is 5.82 Å². The first-order chi connectivity index (χ1) is 16.9. The average molecular weight is 491 g/mol. The van der Waals surface area contributed by atoms with Crippen LogP contribution < -0.4 is 10.0 Å². The smallest absolute Gasteiger partial charge is 0.249 e. The maximum Gasteiger partial charge on any atom is 0.249 e. The van der Waals surface area contributed by atoms with E-state index in [4.69, 9.17) is 0 Å². The van der Waals surface area contributed by atoms with Crippen LogP contribution in [-0.2, 0) is 21.4 Å². The van der Waals surface area contributed by atoms with E-state index in [0.29, 0.717) is 29.2 Å². The zero-order chi connectivity index (χ0) is 24.8. The standard InChI is InChI=1S/C26H23FN4O3S/c1-28-35(33,34)23-14-7-19(8-15-23)9-16-24(32)30-26-25(21-10-12-22(27)13-11-21)29-18-31(26)17-20-5-3-2-4-6-20/h2-16,18,28H,17H2,1H3,(H,30,32)/b16-9+. The van der Waals surface area contributed by atoms with Crippen molar-refractivity contribution < 1.29 is 17.6 Å². The molecule has 4 rings (SSSR count). The van der Waals surface area contributed by atoms with Crippen molar-refractivity contribution >= 4 is 27.8 Å². The molecule has 0 saturated carbocycles. The number of hydrogen-bond donors (Lipinski definition) is 2. The summed E-state index contributed by atoms with van der Waals surface area (Å²) in [4.78, 5) is 17.4. The maximum atomic E-state index is 13.4. The van der Waals surface area contributed by atoms with Gasteiger partial charge in [-0.25, -0.2) is 22.5 Å². The molecule has 0 fully saturated rings. The summed E-state index contributed by atoms with van der Waals surface area (Å²) in [7, 11) is -2.19. The van der Waals surface area contributed by atoms with Crippen LogP contribution in [0.4, 0.5) is 10.2 Å². The third-order valence-electron chi connectivity index (χ3n) is 5.28. The molecule has 0 radical (unpaired) electrons. The van der Waals surface area contributed by atoms with Crippen molar-refractivity contribution in [2.45, 2.75) is 11.4 Å². The van der Waals surface area contributed by atoms with E-state index in [0.717, 1.165) is 5.56 Å². The van der Waals surface area contributed by atoms with Crippen LogP contribution in [0.25, 0.3) is 17.3 Å². The fourth-order valence-corrected chi connectivity index (χ4v) is 4.17. The van der Waals surface area contributed by atoms with Crippen LogP contribution >= 0.6 is 0 Å². The van der Waals surface area contributed by atoms with E-state index < -0.39 is 15.9 Å². The molecule has 7 nitrogen and oxygen atoms in total. The molecule has 0 bridgehead atoms. The molecule has 0 aliphatic rings. The first kappa shape index (κ1) is 24.1. The minimum absolute atomic E-state index is 0.135. The highest BCUT2D eigenvalue weighted by atomic mass is 32.2. The van der Waals surface area contributed by atoms with Crippen molar-refractivity contribution in [2.24, 2.45) is 0 Å². The topological polar surface area (TPSA) is 93.1 Å². The van der Waals surface area contributed by atoms with E-state index in [1.54, 1.807) is 36.7 Å². The number of benzene rings is 3. The molecular formula is C26H23FN4O3S. The Kier molecular flexibility index (Phi) is 7.19. The van der Waals surface area contributed by atoms with Gasteiger partial charge in [0.1, 0.15) is 17.3 Å². The normalized spacial score (nSPS) is 11.6. The summed E-state index contributed by atoms with van der Waals surface area (Å²) in [5, 5.41) is 2.88. The number of hydrogen-bond acceptors (Lipinski definition) is 4. The van der Waals surface area contributed by atoms with E-state index in [1.165, 1.54) is 37.4 Å². The van der Waals surface area contributed by atoms with Crippen LogP contribution in [-0.4, -0.2) is 30.9 Å². The number of halogens is 1. The minimum atomic E-state index is -3.53. The zero-order valence-electron chi connectivity index (χ0n) is 18.9. The summed E-state index contributed by atoms with van der Waals surface area (Å²) in [6, 6.07) is 21.8. The highest BCUT2D eigenvalue weighted by Gasteiger charge is 2.15. The molecule has 1 heterocycles. The largest absolute Gasteiger partial charge is 0.312 e. The zero-order valence-corrected chi connectivity index (χ0v) is 19.7. The van der Waals surface area contributed by atoms with Crippen molar-refractivity contribution in [1.82, 2.24) is 14.3 Å². The molecular weight excluding hydrogens is 467 g/mol. The lowest BCUT2D eigenvalue weighted by atomic mass is 10.1. The van der Waals surface area contributed by atoms with Gasteiger partial charge in [0.25, 0.3) is 0 Å². The second-order valence-electron chi connectivity index (χ2n) is 7.66. The predicted molar refractivity (Wildman–Crippen MR) is 134 cm³/mol. The maximum absolute atomic E-state index is 13.4. The Hall–Kier alpha value is -4.08. The van der Waals surface area contributed by atoms with Gasteiger partial charge in [-0.05, 0) is 60.6 Å². The van der Waals surface area contributed by atoms with Crippen LogP contribution in [0.2, 0.25) is 0 Å². The van der Waals surface area contributed by atoms with Gasteiger partial charge in [-0.1, -0.05) is 42.5 Å². The van der Waals surface area contributed by atoms with Gasteiger partial charge in [0.05, 0.1) is 17.8 Å². The van der Waals surface area contributed by atoms with Gasteiger partial charge < -0.3 is 9.88 Å². The molecule has 4 aromatic rings. The fraction of sp³-hybridized carbons (Fsp3) is 0.0769. The highest BCUT2D eigenvalue weighted by Crippen LogP contribution is 2.28. The monoisotopic (exact) mass is 490 g/mol. The van der Waals surface area contributed by atoms with E-state index in [1.807, 2.05) is 34.9 Å². The lowest BCUT2D eigenvalue weighted by molar-refractivity contribution is -0.111. The molecule has 1 aromatic heterocycles. The van der Waals surface area contributed by atoms with E-state index in [2.05, 4.69) is 15.0 Å². The van der Waals surface area contributed by atoms with Gasteiger partial charge >= 0.3 is 0 Å². The van der Waals surface area contributed by atoms with Crippen LogP contribution in [0.1, 0.15) is 11.1 Å². The Bertz CT molecular complexity index is 1450. The Labute approximate surface area is 203 Å². The van der Waals surface area contributed by atoms with Gasteiger partial charge in [-0.3, -0.25) is 4.79 Å². The van der Waals surface area contributed by atoms with Crippen LogP contribution in [0.5, 0.6) is 0 Å². The molecule has 1 amide bonds. The van der Waals surface area contributed by atoms with Gasteiger partial charge in [-0.2, -0.15) is 0 Å². The van der Waals surface area contributed by atoms with E-state index >= 15 is 0 Å². The van der Waals surface area contributed by atoms with Crippen molar-refractivity contribution in [2.75, 3.05) is 12.4 Å². The van der Waals surface area contributed by atoms with Crippen LogP contribution in [0.15, 0.2) is 96.2 Å². The van der Waals surface area contributed by atoms with Crippen molar-refractivity contribution in [3.63, 3.8) is 0 Å². The van der Waals surface area contributed by atoms with E-state index in [-0.39, 0.29) is 10.7 Å². The third kappa shape index (κ3) is 5.89. The van der Waals surface area contributed by atoms with E-state index in [9.17, 15) is 17.6 Å². The molecule has 0 atom stereocenters. The number of amides is 1. The number of sulfonamides is 1. The van der Waals surface area contributed by atoms with Crippen LogP contribution in [0.3, 0.4) is 0 Å². The van der Waals surface area contributed by atoms with Gasteiger partial charge in [-0.15, -0.1) is 0 Å². The Morgan fingerprint density at radius 1 is 1.00 bits per heavy atom. The van der Waals surface area contributed by atoms with Gasteiger partial charge in [0.2, 0.25) is 15.9 Å². The molecule has 35 heavy (non-hydrogen) atoms. The van der Waals surface area contributed by atoms with Gasteiger partial charge in [0.15, 0.2) is 0 Å². The lowest BCUT2D eigenvalue weighted by Gasteiger charge is -2.11. The summed E-state index contributed by atoms with van der Waals surface area (Å²) in [5.74, 6) is -0.278. The molecule has 0 saturated heterocycles. The van der Waals surface area contributed by atoms with Crippen molar-refractivity contribution in [1.29, 1.82) is 0 Å². The number of nitrogens with zero attached hydrogens (tertiary/aromatic N) is 2. The number of aromatic nitrogens is 2. The number of carbonyl (C=O) groups excluding carboxylic acids is 1. The average Bonchev–Trinajstić information content (AvgIpc) is 3.25. The quantitative estimate of drug-likeness (QED) is 0.360. The Morgan fingerprint density at radius 3 is 2.34 bits per heavy atom. The molecule has 0 aliphatic heterocycles.